The molecule has 3 aromatic rings. The summed E-state index contributed by atoms with van der Waals surface area (Å²) in [5, 5.41) is 3.62. The first-order valence-electron chi connectivity index (χ1n) is 10.1. The molecule has 0 bridgehead atoms. The molecule has 0 amide bonds. The van der Waals surface area contributed by atoms with Crippen molar-refractivity contribution in [2.45, 2.75) is 39.0 Å². The van der Waals surface area contributed by atoms with Crippen molar-refractivity contribution in [3.63, 3.8) is 0 Å². The average Bonchev–Trinajstić information content (AvgIpc) is 2.75. The maximum absolute atomic E-state index is 13.4. The van der Waals surface area contributed by atoms with Crippen molar-refractivity contribution >= 4 is 28.6 Å². The number of hydrogen-bond acceptors (Lipinski definition) is 4. The molecular formula is C24H25F2N3O. The summed E-state index contributed by atoms with van der Waals surface area (Å²) in [6.45, 7) is 2.10. The first kappa shape index (κ1) is 21.6. The minimum absolute atomic E-state index is 0.0191. The number of anilines is 1. The predicted octanol–water partition coefficient (Wildman–Crippen LogP) is 5.51. The van der Waals surface area contributed by atoms with Crippen LogP contribution >= 0.6 is 0 Å². The normalized spacial score (nSPS) is 11.3. The number of ketones is 1. The zero-order valence-electron chi connectivity index (χ0n) is 17.2. The number of aromatic nitrogens is 2. The molecule has 1 N–H and O–H groups in total. The number of unbranched alkanes of at least 4 members (excludes halogenated alkanes) is 1. The summed E-state index contributed by atoms with van der Waals surface area (Å²) in [6, 6.07) is 7.99. The minimum atomic E-state index is -0.924. The maximum Gasteiger partial charge on any atom is 0.161 e. The fraction of sp³-hybridized carbons (Fsp3) is 0.292. The third kappa shape index (κ3) is 5.47. The van der Waals surface area contributed by atoms with Gasteiger partial charge in [0.05, 0.1) is 5.52 Å². The topological polar surface area (TPSA) is 54.9 Å². The van der Waals surface area contributed by atoms with Gasteiger partial charge in [-0.25, -0.2) is 13.8 Å². The molecular weight excluding hydrogens is 384 g/mol. The van der Waals surface area contributed by atoms with E-state index in [1.807, 2.05) is 13.1 Å². The highest BCUT2D eigenvalue weighted by molar-refractivity contribution is 5.94. The highest BCUT2D eigenvalue weighted by atomic mass is 19.2. The van der Waals surface area contributed by atoms with Crippen molar-refractivity contribution < 1.29 is 13.6 Å². The van der Waals surface area contributed by atoms with Crippen LogP contribution in [0.25, 0.3) is 17.0 Å². The summed E-state index contributed by atoms with van der Waals surface area (Å²) in [6.07, 6.45) is 8.56. The molecule has 4 nitrogen and oxygen atoms in total. The van der Waals surface area contributed by atoms with E-state index in [1.165, 1.54) is 17.8 Å². The van der Waals surface area contributed by atoms with E-state index in [9.17, 15) is 13.6 Å². The van der Waals surface area contributed by atoms with Gasteiger partial charge in [-0.1, -0.05) is 13.0 Å². The van der Waals surface area contributed by atoms with Gasteiger partial charge in [-0.05, 0) is 67.2 Å². The van der Waals surface area contributed by atoms with E-state index in [4.69, 9.17) is 0 Å². The molecule has 2 aromatic heterocycles. The molecule has 30 heavy (non-hydrogen) atoms. The average molecular weight is 409 g/mol. The van der Waals surface area contributed by atoms with Gasteiger partial charge in [0.25, 0.3) is 0 Å². The Kier molecular flexibility index (Phi) is 7.22. The van der Waals surface area contributed by atoms with Crippen molar-refractivity contribution in [2.75, 3.05) is 12.4 Å². The summed E-state index contributed by atoms with van der Waals surface area (Å²) in [5.74, 6) is -0.902. The zero-order chi connectivity index (χ0) is 21.5. The van der Waals surface area contributed by atoms with Crippen molar-refractivity contribution in [3.05, 3.63) is 71.1 Å². The Hall–Kier alpha value is -3.15. The number of carbonyl (C=O) groups excluding carboxylic acids is 1. The van der Waals surface area contributed by atoms with E-state index >= 15 is 0 Å². The van der Waals surface area contributed by atoms with E-state index in [1.54, 1.807) is 12.1 Å². The second-order valence-electron chi connectivity index (χ2n) is 7.15. The van der Waals surface area contributed by atoms with E-state index in [-0.39, 0.29) is 5.78 Å². The molecule has 0 unspecified atom stereocenters. The van der Waals surface area contributed by atoms with Crippen molar-refractivity contribution in [1.82, 2.24) is 9.97 Å². The molecule has 0 saturated heterocycles. The lowest BCUT2D eigenvalue weighted by atomic mass is 10.1. The zero-order valence-corrected chi connectivity index (χ0v) is 17.2. The number of nitrogens with one attached hydrogen (secondary N) is 1. The van der Waals surface area contributed by atoms with Crippen LogP contribution in [0.1, 0.15) is 43.0 Å². The lowest BCUT2D eigenvalue weighted by molar-refractivity contribution is -0.114. The molecule has 0 atom stereocenters. The van der Waals surface area contributed by atoms with Crippen molar-refractivity contribution in [2.24, 2.45) is 0 Å². The summed E-state index contributed by atoms with van der Waals surface area (Å²) in [5.41, 5.74) is 3.25. The number of carbonyl (C=O) groups is 1. The van der Waals surface area contributed by atoms with Gasteiger partial charge in [-0.15, -0.1) is 0 Å². The van der Waals surface area contributed by atoms with Crippen molar-refractivity contribution in [3.8, 4) is 0 Å². The molecule has 0 fully saturated rings. The van der Waals surface area contributed by atoms with Crippen LogP contribution < -0.4 is 5.32 Å². The van der Waals surface area contributed by atoms with Crippen LogP contribution in [0.4, 0.5) is 14.6 Å². The molecule has 156 valence electrons. The summed E-state index contributed by atoms with van der Waals surface area (Å²) in [4.78, 5) is 20.9. The van der Waals surface area contributed by atoms with E-state index in [0.29, 0.717) is 22.9 Å². The molecule has 0 aliphatic heterocycles. The van der Waals surface area contributed by atoms with Gasteiger partial charge >= 0.3 is 0 Å². The maximum atomic E-state index is 13.4. The van der Waals surface area contributed by atoms with Crippen LogP contribution in [0.5, 0.6) is 0 Å². The number of rotatable bonds is 9. The summed E-state index contributed by atoms with van der Waals surface area (Å²) < 4.78 is 26.6. The second kappa shape index (κ2) is 10.1. The molecule has 0 aliphatic carbocycles. The Morgan fingerprint density at radius 3 is 2.70 bits per heavy atom. The van der Waals surface area contributed by atoms with Gasteiger partial charge in [0, 0.05) is 36.8 Å². The Morgan fingerprint density at radius 2 is 1.93 bits per heavy atom. The molecule has 0 spiro atoms. The number of fused-ring (bicyclic) bond motifs is 1. The van der Waals surface area contributed by atoms with Gasteiger partial charge in [-0.3, -0.25) is 9.78 Å². The van der Waals surface area contributed by atoms with Crippen LogP contribution in [-0.4, -0.2) is 22.8 Å². The minimum Gasteiger partial charge on any atom is -0.373 e. The van der Waals surface area contributed by atoms with Gasteiger partial charge in [0.2, 0.25) is 0 Å². The Bertz CT molecular complexity index is 1080. The van der Waals surface area contributed by atoms with E-state index in [0.717, 1.165) is 49.3 Å². The van der Waals surface area contributed by atoms with Crippen LogP contribution in [0.15, 0.2) is 42.6 Å². The van der Waals surface area contributed by atoms with E-state index < -0.39 is 11.6 Å². The molecule has 0 aliphatic rings. The lowest BCUT2D eigenvalue weighted by Gasteiger charge is -2.08. The van der Waals surface area contributed by atoms with Crippen molar-refractivity contribution in [1.29, 1.82) is 0 Å². The number of pyridine rings is 2. The first-order chi connectivity index (χ1) is 14.5. The third-order valence-corrected chi connectivity index (χ3v) is 4.97. The Balaban J connectivity index is 1.50. The van der Waals surface area contributed by atoms with Crippen LogP contribution in [0.3, 0.4) is 0 Å². The number of hydrogen-bond donors (Lipinski definition) is 1. The van der Waals surface area contributed by atoms with Crippen LogP contribution in [0.2, 0.25) is 0 Å². The number of benzene rings is 1. The standard InChI is InChI=1S/C24H25F2N3O/c1-3-17-9-10-19(29-24(17)27-2)6-4-5-7-20(30)11-8-16-12-18-13-21(25)22(26)14-23(18)28-15-16/h8-15H,3-7H2,1-2H3,(H,27,29). The molecule has 3 rings (SSSR count). The van der Waals surface area contributed by atoms with E-state index in [2.05, 4.69) is 28.3 Å². The third-order valence-electron chi connectivity index (χ3n) is 4.97. The number of allylic oxidation sites excluding steroid dienone is 1. The quantitative estimate of drug-likeness (QED) is 0.374. The Labute approximate surface area is 175 Å². The second-order valence-corrected chi connectivity index (χ2v) is 7.15. The van der Waals surface area contributed by atoms with Crippen LogP contribution in [0, 0.1) is 11.6 Å². The highest BCUT2D eigenvalue weighted by Gasteiger charge is 2.06. The molecule has 0 radical (unpaired) electrons. The molecule has 1 aromatic carbocycles. The summed E-state index contributed by atoms with van der Waals surface area (Å²) in [7, 11) is 1.87. The number of halogens is 2. The number of nitrogens with zero attached hydrogens (tertiary/aromatic N) is 2. The molecule has 2 heterocycles. The number of aryl methyl sites for hydroxylation is 2. The largest absolute Gasteiger partial charge is 0.373 e. The Morgan fingerprint density at radius 1 is 1.13 bits per heavy atom. The fourth-order valence-electron chi connectivity index (χ4n) is 3.28. The SMILES string of the molecule is CCc1ccc(CCCCC(=O)C=Cc2cnc3cc(F)c(F)cc3c2)nc1NC. The lowest BCUT2D eigenvalue weighted by Crippen LogP contribution is -2.01. The molecule has 6 heteroatoms. The highest BCUT2D eigenvalue weighted by Crippen LogP contribution is 2.19. The van der Waals surface area contributed by atoms with Gasteiger partial charge in [0.15, 0.2) is 17.4 Å². The smallest absolute Gasteiger partial charge is 0.161 e. The summed E-state index contributed by atoms with van der Waals surface area (Å²) >= 11 is 0. The monoisotopic (exact) mass is 409 g/mol. The predicted molar refractivity (Wildman–Crippen MR) is 116 cm³/mol. The van der Waals surface area contributed by atoms with Gasteiger partial charge < -0.3 is 5.32 Å². The van der Waals surface area contributed by atoms with Gasteiger partial charge in [0.1, 0.15) is 5.82 Å². The van der Waals surface area contributed by atoms with Crippen LogP contribution in [-0.2, 0) is 17.6 Å². The van der Waals surface area contributed by atoms with Gasteiger partial charge in [-0.2, -0.15) is 0 Å². The first-order valence-corrected chi connectivity index (χ1v) is 10.1. The molecule has 0 saturated carbocycles. The fourth-order valence-corrected chi connectivity index (χ4v) is 3.28.